The molecule has 1 aromatic carbocycles. The molecule has 0 saturated heterocycles. The van der Waals surface area contributed by atoms with Gasteiger partial charge in [0, 0.05) is 6.42 Å². The summed E-state index contributed by atoms with van der Waals surface area (Å²) >= 11 is 0. The van der Waals surface area contributed by atoms with Crippen LogP contribution >= 0.6 is 12.4 Å². The van der Waals surface area contributed by atoms with Gasteiger partial charge in [-0.3, -0.25) is 0 Å². The van der Waals surface area contributed by atoms with Gasteiger partial charge < -0.3 is 11.5 Å². The van der Waals surface area contributed by atoms with E-state index < -0.39 is 6.17 Å². The van der Waals surface area contributed by atoms with Crippen LogP contribution in [0.1, 0.15) is 5.56 Å². The Balaban J connectivity index is 0.00000121. The lowest BCUT2D eigenvalue weighted by Gasteiger charge is -2.04. The fourth-order valence-corrected chi connectivity index (χ4v) is 0.936. The molecule has 0 spiro atoms. The van der Waals surface area contributed by atoms with Gasteiger partial charge in [-0.05, 0) is 17.7 Å². The van der Waals surface area contributed by atoms with Crippen molar-refractivity contribution in [2.45, 2.75) is 12.6 Å². The third-order valence-electron chi connectivity index (χ3n) is 1.36. The van der Waals surface area contributed by atoms with Gasteiger partial charge in [-0.25, -0.2) is 4.39 Å². The molecule has 0 bridgehead atoms. The number of halogens is 2. The average molecular weight is 191 g/mol. The second-order valence-electron chi connectivity index (χ2n) is 2.50. The second kappa shape index (κ2) is 5.09. The van der Waals surface area contributed by atoms with Gasteiger partial charge in [0.15, 0.2) is 0 Å². The van der Waals surface area contributed by atoms with Crippen molar-refractivity contribution in [3.8, 4) is 0 Å². The second-order valence-corrected chi connectivity index (χ2v) is 2.50. The molecule has 4 N–H and O–H groups in total. The minimum absolute atomic E-state index is 0. The van der Waals surface area contributed by atoms with Crippen LogP contribution in [-0.4, -0.2) is 6.17 Å². The summed E-state index contributed by atoms with van der Waals surface area (Å²) in [5, 5.41) is 0. The Hall–Kier alpha value is -0.640. The highest BCUT2D eigenvalue weighted by Crippen LogP contribution is 2.03. The van der Waals surface area contributed by atoms with Crippen molar-refractivity contribution in [1.82, 2.24) is 0 Å². The first-order chi connectivity index (χ1) is 5.18. The van der Waals surface area contributed by atoms with Crippen LogP contribution in [0.3, 0.4) is 0 Å². The third kappa shape index (κ3) is 3.67. The Kier molecular flexibility index (Phi) is 4.81. The van der Waals surface area contributed by atoms with E-state index in [1.807, 2.05) is 0 Å². The highest BCUT2D eigenvalue weighted by Gasteiger charge is 1.97. The zero-order chi connectivity index (χ0) is 8.27. The Bertz CT molecular complexity index is 240. The van der Waals surface area contributed by atoms with Crippen LogP contribution in [0.2, 0.25) is 0 Å². The maximum absolute atomic E-state index is 12.5. The van der Waals surface area contributed by atoms with E-state index in [1.165, 1.54) is 12.1 Å². The molecule has 0 atom stereocenters. The zero-order valence-electron chi connectivity index (χ0n) is 6.53. The molecule has 12 heavy (non-hydrogen) atoms. The van der Waals surface area contributed by atoms with Crippen molar-refractivity contribution >= 4 is 12.4 Å². The predicted molar refractivity (Wildman–Crippen MR) is 49.5 cm³/mol. The molecule has 0 amide bonds. The molecule has 0 heterocycles. The van der Waals surface area contributed by atoms with Crippen molar-refractivity contribution in [3.05, 3.63) is 35.6 Å². The first-order valence-electron chi connectivity index (χ1n) is 3.44. The Morgan fingerprint density at radius 3 is 2.50 bits per heavy atom. The summed E-state index contributed by atoms with van der Waals surface area (Å²) in [6.07, 6.45) is 0.106. The van der Waals surface area contributed by atoms with Gasteiger partial charge in [0.25, 0.3) is 0 Å². The fraction of sp³-hybridized carbons (Fsp3) is 0.250. The summed E-state index contributed by atoms with van der Waals surface area (Å²) < 4.78 is 12.5. The van der Waals surface area contributed by atoms with Crippen molar-refractivity contribution in [3.63, 3.8) is 0 Å². The van der Waals surface area contributed by atoms with Crippen molar-refractivity contribution in [2.75, 3.05) is 0 Å². The van der Waals surface area contributed by atoms with Crippen molar-refractivity contribution in [2.24, 2.45) is 11.5 Å². The van der Waals surface area contributed by atoms with Crippen LogP contribution in [0.5, 0.6) is 0 Å². The molecule has 0 fully saturated rings. The first kappa shape index (κ1) is 11.4. The summed E-state index contributed by atoms with van der Waals surface area (Å²) in [4.78, 5) is 0. The predicted octanol–water partition coefficient (Wildman–Crippen LogP) is 1.03. The first-order valence-corrected chi connectivity index (χ1v) is 3.44. The zero-order valence-corrected chi connectivity index (χ0v) is 7.35. The standard InChI is InChI=1S/C8H11FN2.ClH/c9-7-3-1-2-6(4-7)5-8(10)11;/h1-4,8H,5,10-11H2;1H. The molecule has 0 aliphatic carbocycles. The van der Waals surface area contributed by atoms with Gasteiger partial charge in [0.05, 0.1) is 6.17 Å². The van der Waals surface area contributed by atoms with Gasteiger partial charge in [0.1, 0.15) is 5.82 Å². The largest absolute Gasteiger partial charge is 0.316 e. The van der Waals surface area contributed by atoms with E-state index in [2.05, 4.69) is 0 Å². The van der Waals surface area contributed by atoms with Gasteiger partial charge in [-0.15, -0.1) is 12.4 Å². The molecule has 2 nitrogen and oxygen atoms in total. The van der Waals surface area contributed by atoms with E-state index in [1.54, 1.807) is 12.1 Å². The van der Waals surface area contributed by atoms with E-state index in [0.29, 0.717) is 6.42 Å². The molecule has 0 radical (unpaired) electrons. The monoisotopic (exact) mass is 190 g/mol. The molecule has 0 aromatic heterocycles. The van der Waals surface area contributed by atoms with Crippen LogP contribution < -0.4 is 11.5 Å². The lowest BCUT2D eigenvalue weighted by atomic mass is 10.1. The molecular formula is C8H12ClFN2. The molecular weight excluding hydrogens is 179 g/mol. The minimum Gasteiger partial charge on any atom is -0.316 e. The molecule has 0 aliphatic rings. The minimum atomic E-state index is -0.406. The topological polar surface area (TPSA) is 52.0 Å². The molecule has 1 rings (SSSR count). The lowest BCUT2D eigenvalue weighted by molar-refractivity contribution is 0.621. The Labute approximate surface area is 77.2 Å². The number of rotatable bonds is 2. The number of benzene rings is 1. The third-order valence-corrected chi connectivity index (χ3v) is 1.36. The molecule has 0 aliphatic heterocycles. The van der Waals surface area contributed by atoms with Crippen molar-refractivity contribution in [1.29, 1.82) is 0 Å². The molecule has 68 valence electrons. The number of hydrogen-bond acceptors (Lipinski definition) is 2. The summed E-state index contributed by atoms with van der Waals surface area (Å²) in [6, 6.07) is 6.28. The van der Waals surface area contributed by atoms with Crippen LogP contribution in [0.25, 0.3) is 0 Å². The number of nitrogens with two attached hydrogens (primary N) is 2. The summed E-state index contributed by atoms with van der Waals surface area (Å²) in [5.74, 6) is -0.247. The van der Waals surface area contributed by atoms with Gasteiger partial charge in [-0.1, -0.05) is 12.1 Å². The van der Waals surface area contributed by atoms with E-state index in [4.69, 9.17) is 11.5 Å². The van der Waals surface area contributed by atoms with E-state index in [9.17, 15) is 4.39 Å². The SMILES string of the molecule is Cl.NC(N)Cc1cccc(F)c1. The summed E-state index contributed by atoms with van der Waals surface area (Å²) in [5.41, 5.74) is 11.5. The Morgan fingerprint density at radius 2 is 2.00 bits per heavy atom. The molecule has 4 heteroatoms. The normalized spacial score (nSPS) is 9.67. The summed E-state index contributed by atoms with van der Waals surface area (Å²) in [7, 11) is 0. The quantitative estimate of drug-likeness (QED) is 0.685. The molecule has 1 aromatic rings. The average Bonchev–Trinajstić information content (AvgIpc) is 1.85. The van der Waals surface area contributed by atoms with Crippen LogP contribution in [0.15, 0.2) is 24.3 Å². The smallest absolute Gasteiger partial charge is 0.123 e. The molecule has 0 saturated carbocycles. The summed E-state index contributed by atoms with van der Waals surface area (Å²) in [6.45, 7) is 0. The van der Waals surface area contributed by atoms with Gasteiger partial charge in [-0.2, -0.15) is 0 Å². The maximum atomic E-state index is 12.5. The Morgan fingerprint density at radius 1 is 1.33 bits per heavy atom. The van der Waals surface area contributed by atoms with Crippen LogP contribution in [-0.2, 0) is 6.42 Å². The van der Waals surface area contributed by atoms with E-state index in [0.717, 1.165) is 5.56 Å². The van der Waals surface area contributed by atoms with Crippen molar-refractivity contribution < 1.29 is 4.39 Å². The van der Waals surface area contributed by atoms with Gasteiger partial charge >= 0.3 is 0 Å². The highest BCUT2D eigenvalue weighted by atomic mass is 35.5. The van der Waals surface area contributed by atoms with Gasteiger partial charge in [0.2, 0.25) is 0 Å². The van der Waals surface area contributed by atoms with Crippen LogP contribution in [0.4, 0.5) is 4.39 Å². The lowest BCUT2D eigenvalue weighted by Crippen LogP contribution is -2.32. The number of hydrogen-bond donors (Lipinski definition) is 2. The van der Waals surface area contributed by atoms with E-state index in [-0.39, 0.29) is 18.2 Å². The van der Waals surface area contributed by atoms with Crippen LogP contribution in [0, 0.1) is 5.82 Å². The highest BCUT2D eigenvalue weighted by molar-refractivity contribution is 5.85. The van der Waals surface area contributed by atoms with E-state index >= 15 is 0 Å². The fourth-order valence-electron chi connectivity index (χ4n) is 0.936. The maximum Gasteiger partial charge on any atom is 0.123 e. The molecule has 0 unspecified atom stereocenters.